The fourth-order valence-corrected chi connectivity index (χ4v) is 3.54. The predicted octanol–water partition coefficient (Wildman–Crippen LogP) is 4.24. The first-order chi connectivity index (χ1) is 12.2. The van der Waals surface area contributed by atoms with Crippen LogP contribution >= 0.6 is 11.8 Å². The molecule has 0 saturated carbocycles. The van der Waals surface area contributed by atoms with Gasteiger partial charge in [-0.05, 0) is 13.0 Å². The van der Waals surface area contributed by atoms with Gasteiger partial charge in [-0.3, -0.25) is 9.89 Å². The van der Waals surface area contributed by atoms with E-state index in [-0.39, 0.29) is 5.78 Å². The molecule has 2 N–H and O–H groups in total. The molecule has 0 aliphatic rings. The summed E-state index contributed by atoms with van der Waals surface area (Å²) in [5.74, 6) is 1.08. The molecular weight excluding hydrogens is 332 g/mol. The number of nitrogens with one attached hydrogen (secondary N) is 2. The summed E-state index contributed by atoms with van der Waals surface area (Å²) in [6, 6.07) is 17.6. The van der Waals surface area contributed by atoms with Gasteiger partial charge in [0.05, 0.1) is 5.75 Å². The molecule has 0 amide bonds. The van der Waals surface area contributed by atoms with Gasteiger partial charge in [0.1, 0.15) is 0 Å². The van der Waals surface area contributed by atoms with E-state index < -0.39 is 0 Å². The molecule has 0 bridgehead atoms. The van der Waals surface area contributed by atoms with Crippen molar-refractivity contribution in [3.63, 3.8) is 0 Å². The van der Waals surface area contributed by atoms with Crippen LogP contribution in [0.25, 0.3) is 22.3 Å². The molecule has 0 aliphatic carbocycles. The Hall–Kier alpha value is -2.86. The van der Waals surface area contributed by atoms with Gasteiger partial charge < -0.3 is 4.98 Å². The van der Waals surface area contributed by atoms with E-state index in [1.807, 2.05) is 61.5 Å². The maximum absolute atomic E-state index is 12.7. The quantitative estimate of drug-likeness (QED) is 0.418. The average molecular weight is 348 g/mol. The zero-order chi connectivity index (χ0) is 17.2. The number of para-hydroxylation sites is 1. The molecule has 0 saturated heterocycles. The van der Waals surface area contributed by atoms with Crippen molar-refractivity contribution in [3.8, 4) is 11.4 Å². The first-order valence-electron chi connectivity index (χ1n) is 7.93. The van der Waals surface area contributed by atoms with E-state index in [0.29, 0.717) is 16.7 Å². The Balaban J connectivity index is 1.51. The summed E-state index contributed by atoms with van der Waals surface area (Å²) in [5, 5.41) is 8.66. The van der Waals surface area contributed by atoms with Gasteiger partial charge in [0.15, 0.2) is 11.6 Å². The Morgan fingerprint density at radius 3 is 2.68 bits per heavy atom. The third kappa shape index (κ3) is 3.08. The molecule has 124 valence electrons. The first kappa shape index (κ1) is 15.7. The van der Waals surface area contributed by atoms with Crippen LogP contribution in [0.1, 0.15) is 16.1 Å². The highest BCUT2D eigenvalue weighted by Gasteiger charge is 2.17. The molecule has 4 rings (SSSR count). The monoisotopic (exact) mass is 348 g/mol. The number of rotatable bonds is 5. The van der Waals surface area contributed by atoms with Crippen LogP contribution < -0.4 is 0 Å². The number of aromatic nitrogens is 4. The number of aromatic amines is 2. The Bertz CT molecular complexity index is 1040. The van der Waals surface area contributed by atoms with Gasteiger partial charge in [-0.2, -0.15) is 0 Å². The van der Waals surface area contributed by atoms with Gasteiger partial charge in [-0.1, -0.05) is 60.3 Å². The zero-order valence-electron chi connectivity index (χ0n) is 13.6. The largest absolute Gasteiger partial charge is 0.358 e. The van der Waals surface area contributed by atoms with Crippen LogP contribution in [0.3, 0.4) is 0 Å². The summed E-state index contributed by atoms with van der Waals surface area (Å²) in [6.07, 6.45) is 0. The van der Waals surface area contributed by atoms with Gasteiger partial charge in [0.25, 0.3) is 0 Å². The predicted molar refractivity (Wildman–Crippen MR) is 99.9 cm³/mol. The van der Waals surface area contributed by atoms with Crippen molar-refractivity contribution < 1.29 is 4.79 Å². The smallest absolute Gasteiger partial charge is 0.209 e. The highest BCUT2D eigenvalue weighted by atomic mass is 32.2. The number of H-pyrrole nitrogens is 2. The van der Waals surface area contributed by atoms with Crippen molar-refractivity contribution in [2.45, 2.75) is 12.1 Å². The summed E-state index contributed by atoms with van der Waals surface area (Å²) in [7, 11) is 0. The number of fused-ring (bicyclic) bond motifs is 1. The number of thioether (sulfide) groups is 1. The van der Waals surface area contributed by atoms with Crippen molar-refractivity contribution in [1.82, 2.24) is 20.2 Å². The molecule has 2 aromatic carbocycles. The van der Waals surface area contributed by atoms with Gasteiger partial charge in [0.2, 0.25) is 5.16 Å². The SMILES string of the molecule is Cc1[nH]c2ccccc2c1C(=O)CSc1n[nH]c(-c2ccccc2)n1. The minimum absolute atomic E-state index is 0.0750. The Morgan fingerprint density at radius 1 is 1.08 bits per heavy atom. The maximum Gasteiger partial charge on any atom is 0.209 e. The van der Waals surface area contributed by atoms with Crippen molar-refractivity contribution in [2.24, 2.45) is 0 Å². The van der Waals surface area contributed by atoms with E-state index in [4.69, 9.17) is 0 Å². The molecule has 0 spiro atoms. The van der Waals surface area contributed by atoms with Crippen LogP contribution in [0.15, 0.2) is 59.8 Å². The van der Waals surface area contributed by atoms with Crippen LogP contribution in [0, 0.1) is 6.92 Å². The van der Waals surface area contributed by atoms with E-state index in [9.17, 15) is 4.79 Å². The van der Waals surface area contributed by atoms with Crippen molar-refractivity contribution in [1.29, 1.82) is 0 Å². The summed E-state index contributed by atoms with van der Waals surface area (Å²) >= 11 is 1.34. The van der Waals surface area contributed by atoms with Gasteiger partial charge in [-0.15, -0.1) is 5.10 Å². The van der Waals surface area contributed by atoms with Crippen LogP contribution in [0.2, 0.25) is 0 Å². The highest BCUT2D eigenvalue weighted by molar-refractivity contribution is 7.99. The second-order valence-electron chi connectivity index (χ2n) is 5.72. The minimum atomic E-state index is 0.0750. The fourth-order valence-electron chi connectivity index (χ4n) is 2.87. The summed E-state index contributed by atoms with van der Waals surface area (Å²) in [5.41, 5.74) is 3.60. The van der Waals surface area contributed by atoms with Gasteiger partial charge in [0, 0.05) is 27.7 Å². The number of Topliss-reactive ketones (excluding diaryl/α,β-unsaturated/α-hetero) is 1. The third-order valence-electron chi connectivity index (χ3n) is 4.02. The lowest BCUT2D eigenvalue weighted by Gasteiger charge is -1.99. The van der Waals surface area contributed by atoms with Crippen molar-refractivity contribution in [3.05, 3.63) is 65.9 Å². The second-order valence-corrected chi connectivity index (χ2v) is 6.66. The molecule has 0 unspecified atom stereocenters. The summed E-state index contributed by atoms with van der Waals surface area (Å²) < 4.78 is 0. The second kappa shape index (κ2) is 6.57. The lowest BCUT2D eigenvalue weighted by atomic mass is 10.1. The third-order valence-corrected chi connectivity index (χ3v) is 4.86. The number of ketones is 1. The molecule has 25 heavy (non-hydrogen) atoms. The topological polar surface area (TPSA) is 74.4 Å². The van der Waals surface area contributed by atoms with Crippen LogP contribution in [0.5, 0.6) is 0 Å². The Morgan fingerprint density at radius 2 is 1.84 bits per heavy atom. The van der Waals surface area contributed by atoms with E-state index in [0.717, 1.165) is 27.7 Å². The molecule has 0 radical (unpaired) electrons. The standard InChI is InChI=1S/C19H16N4OS/c1-12-17(14-9-5-6-10-15(14)20-12)16(24)11-25-19-21-18(22-23-19)13-7-3-2-4-8-13/h2-10,20H,11H2,1H3,(H,21,22,23). The van der Waals surface area contributed by atoms with Crippen molar-refractivity contribution >= 4 is 28.4 Å². The summed E-state index contributed by atoms with van der Waals surface area (Å²) in [6.45, 7) is 1.93. The van der Waals surface area contributed by atoms with E-state index in [1.165, 1.54) is 11.8 Å². The molecule has 2 heterocycles. The van der Waals surface area contributed by atoms with Gasteiger partial charge >= 0.3 is 0 Å². The Kier molecular flexibility index (Phi) is 4.11. The number of benzene rings is 2. The molecule has 5 nitrogen and oxygen atoms in total. The molecule has 6 heteroatoms. The molecule has 2 aromatic heterocycles. The number of nitrogens with zero attached hydrogens (tertiary/aromatic N) is 2. The first-order valence-corrected chi connectivity index (χ1v) is 8.92. The number of hydrogen-bond donors (Lipinski definition) is 2. The minimum Gasteiger partial charge on any atom is -0.358 e. The van der Waals surface area contributed by atoms with Crippen LogP contribution in [-0.2, 0) is 0 Å². The van der Waals surface area contributed by atoms with E-state index >= 15 is 0 Å². The lowest BCUT2D eigenvalue weighted by molar-refractivity contribution is 0.102. The maximum atomic E-state index is 12.7. The Labute approximate surface area is 148 Å². The van der Waals surface area contributed by atoms with Crippen LogP contribution in [-0.4, -0.2) is 31.7 Å². The number of aryl methyl sites for hydroxylation is 1. The number of carbonyl (C=O) groups is 1. The average Bonchev–Trinajstić information content (AvgIpc) is 3.24. The van der Waals surface area contributed by atoms with Gasteiger partial charge in [-0.25, -0.2) is 4.98 Å². The zero-order valence-corrected chi connectivity index (χ0v) is 14.4. The number of hydrogen-bond acceptors (Lipinski definition) is 4. The molecular formula is C19H16N4OS. The van der Waals surface area contributed by atoms with E-state index in [1.54, 1.807) is 0 Å². The molecule has 0 fully saturated rings. The highest BCUT2D eigenvalue weighted by Crippen LogP contribution is 2.25. The fraction of sp³-hybridized carbons (Fsp3) is 0.105. The number of carbonyl (C=O) groups excluding carboxylic acids is 1. The molecule has 4 aromatic rings. The van der Waals surface area contributed by atoms with Crippen molar-refractivity contribution in [2.75, 3.05) is 5.75 Å². The summed E-state index contributed by atoms with van der Waals surface area (Å²) in [4.78, 5) is 20.4. The van der Waals surface area contributed by atoms with E-state index in [2.05, 4.69) is 20.2 Å². The van der Waals surface area contributed by atoms with Crippen LogP contribution in [0.4, 0.5) is 0 Å². The molecule has 0 aliphatic heterocycles. The normalized spacial score (nSPS) is 11.1. The molecule has 0 atom stereocenters. The lowest BCUT2D eigenvalue weighted by Crippen LogP contribution is -2.03.